The summed E-state index contributed by atoms with van der Waals surface area (Å²) in [5.41, 5.74) is 3.95. The molecule has 0 saturated heterocycles. The molecule has 0 fully saturated rings. The zero-order valence-electron chi connectivity index (χ0n) is 18.3. The minimum Gasteiger partial charge on any atom is -0.482 e. The van der Waals surface area contributed by atoms with Crippen LogP contribution in [0.2, 0.25) is 5.02 Å². The average molecular weight is 485 g/mol. The Kier molecular flexibility index (Phi) is 7.02. The first-order valence-electron chi connectivity index (χ1n) is 10.8. The molecule has 0 atom stereocenters. The Hall–Kier alpha value is -2.87. The summed E-state index contributed by atoms with van der Waals surface area (Å²) in [6, 6.07) is 19.7. The largest absolute Gasteiger partial charge is 0.482 e. The molecule has 0 spiro atoms. The number of nitrogens with zero attached hydrogens (tertiary/aromatic N) is 1. The number of sulfonamides is 1. The minimum absolute atomic E-state index is 0.0977. The molecule has 3 aromatic rings. The van der Waals surface area contributed by atoms with Crippen molar-refractivity contribution in [2.75, 3.05) is 18.5 Å². The molecule has 1 heterocycles. The molecule has 0 bridgehead atoms. The number of halogens is 1. The van der Waals surface area contributed by atoms with E-state index < -0.39 is 10.0 Å². The molecule has 33 heavy (non-hydrogen) atoms. The van der Waals surface area contributed by atoms with Crippen molar-refractivity contribution >= 4 is 33.2 Å². The van der Waals surface area contributed by atoms with Crippen LogP contribution in [0.25, 0.3) is 0 Å². The summed E-state index contributed by atoms with van der Waals surface area (Å²) in [7, 11) is -3.71. The van der Waals surface area contributed by atoms with Gasteiger partial charge >= 0.3 is 0 Å². The molecule has 1 amide bonds. The van der Waals surface area contributed by atoms with E-state index in [-0.39, 0.29) is 28.2 Å². The molecule has 1 aliphatic rings. The molecule has 4 rings (SSSR count). The summed E-state index contributed by atoms with van der Waals surface area (Å²) in [6.45, 7) is 2.51. The number of hydrogen-bond acceptors (Lipinski definition) is 4. The molecule has 172 valence electrons. The third-order valence-corrected chi connectivity index (χ3v) is 7.80. The minimum atomic E-state index is -3.71. The van der Waals surface area contributed by atoms with Gasteiger partial charge in [0.05, 0.1) is 9.92 Å². The molecule has 0 radical (unpaired) electrons. The number of benzene rings is 3. The maximum absolute atomic E-state index is 13.2. The third kappa shape index (κ3) is 5.21. The number of fused-ring (bicyclic) bond motifs is 1. The maximum Gasteiger partial charge on any atom is 0.262 e. The highest BCUT2D eigenvalue weighted by Crippen LogP contribution is 2.31. The van der Waals surface area contributed by atoms with E-state index in [9.17, 15) is 13.2 Å². The first kappa shape index (κ1) is 23.3. The quantitative estimate of drug-likeness (QED) is 0.529. The van der Waals surface area contributed by atoms with E-state index in [4.69, 9.17) is 16.3 Å². The lowest BCUT2D eigenvalue weighted by molar-refractivity contribution is -0.118. The topological polar surface area (TPSA) is 75.7 Å². The second-order valence-electron chi connectivity index (χ2n) is 7.80. The molecular formula is C25H25ClN2O4S. The van der Waals surface area contributed by atoms with Gasteiger partial charge in [-0.3, -0.25) is 4.79 Å². The highest BCUT2D eigenvalue weighted by atomic mass is 35.5. The van der Waals surface area contributed by atoms with Crippen LogP contribution in [0.3, 0.4) is 0 Å². The predicted molar refractivity (Wildman–Crippen MR) is 129 cm³/mol. The number of carbonyl (C=O) groups is 1. The van der Waals surface area contributed by atoms with Crippen molar-refractivity contribution in [3.05, 3.63) is 88.4 Å². The summed E-state index contributed by atoms with van der Waals surface area (Å²) >= 11 is 6.31. The van der Waals surface area contributed by atoms with Crippen LogP contribution in [-0.4, -0.2) is 31.8 Å². The van der Waals surface area contributed by atoms with Crippen molar-refractivity contribution < 1.29 is 17.9 Å². The van der Waals surface area contributed by atoms with E-state index in [0.717, 1.165) is 23.2 Å². The Bertz CT molecular complexity index is 1280. The molecule has 8 heteroatoms. The smallest absolute Gasteiger partial charge is 0.262 e. The summed E-state index contributed by atoms with van der Waals surface area (Å²) in [6.07, 6.45) is 1.46. The van der Waals surface area contributed by atoms with Crippen LogP contribution in [-0.2, 0) is 34.2 Å². The van der Waals surface area contributed by atoms with Crippen molar-refractivity contribution in [1.82, 2.24) is 4.31 Å². The van der Waals surface area contributed by atoms with Gasteiger partial charge in [0.2, 0.25) is 10.0 Å². The van der Waals surface area contributed by atoms with Crippen LogP contribution in [0.5, 0.6) is 5.75 Å². The van der Waals surface area contributed by atoms with Crippen molar-refractivity contribution in [2.24, 2.45) is 0 Å². The summed E-state index contributed by atoms with van der Waals surface area (Å²) in [4.78, 5) is 12.4. The number of hydrogen-bond donors (Lipinski definition) is 1. The number of carbonyl (C=O) groups excluding carboxylic acids is 1. The van der Waals surface area contributed by atoms with Crippen LogP contribution in [0.15, 0.2) is 71.6 Å². The average Bonchev–Trinajstić information content (AvgIpc) is 2.83. The SMILES string of the molecule is CCc1ccccc1NC(=O)COc1ccc(S(=O)(=O)N2CCc3ccccc3C2)cc1Cl. The molecular weight excluding hydrogens is 460 g/mol. The van der Waals surface area contributed by atoms with Crippen molar-refractivity contribution in [3.8, 4) is 5.75 Å². The van der Waals surface area contributed by atoms with Crippen LogP contribution < -0.4 is 10.1 Å². The van der Waals surface area contributed by atoms with Gasteiger partial charge in [0, 0.05) is 18.8 Å². The van der Waals surface area contributed by atoms with Gasteiger partial charge in [-0.05, 0) is 53.8 Å². The number of amides is 1. The normalized spacial score (nSPS) is 13.9. The molecule has 0 saturated carbocycles. The van der Waals surface area contributed by atoms with Gasteiger partial charge in [-0.25, -0.2) is 8.42 Å². The zero-order valence-corrected chi connectivity index (χ0v) is 19.8. The van der Waals surface area contributed by atoms with Crippen LogP contribution in [0.1, 0.15) is 23.6 Å². The number of rotatable bonds is 7. The first-order chi connectivity index (χ1) is 15.9. The number of para-hydroxylation sites is 1. The Labute approximate surface area is 199 Å². The molecule has 1 N–H and O–H groups in total. The van der Waals surface area contributed by atoms with Crippen molar-refractivity contribution in [1.29, 1.82) is 0 Å². The Morgan fingerprint density at radius 2 is 1.79 bits per heavy atom. The van der Waals surface area contributed by atoms with E-state index in [2.05, 4.69) is 5.32 Å². The van der Waals surface area contributed by atoms with Crippen molar-refractivity contribution in [2.45, 2.75) is 31.2 Å². The standard InChI is InChI=1S/C25H25ClN2O4S/c1-2-18-7-5-6-10-23(18)27-25(29)17-32-24-12-11-21(15-22(24)26)33(30,31)28-14-13-19-8-3-4-9-20(19)16-28/h3-12,15H,2,13-14,16-17H2,1H3,(H,27,29). The van der Waals surface area contributed by atoms with E-state index in [1.54, 1.807) is 0 Å². The van der Waals surface area contributed by atoms with E-state index in [1.807, 2.05) is 55.5 Å². The fraction of sp³-hybridized carbons (Fsp3) is 0.240. The molecule has 0 aliphatic carbocycles. The lowest BCUT2D eigenvalue weighted by Crippen LogP contribution is -2.35. The van der Waals surface area contributed by atoms with Crippen LogP contribution in [0.4, 0.5) is 5.69 Å². The fourth-order valence-electron chi connectivity index (χ4n) is 3.86. The van der Waals surface area contributed by atoms with Gasteiger partial charge < -0.3 is 10.1 Å². The second-order valence-corrected chi connectivity index (χ2v) is 10.1. The highest BCUT2D eigenvalue weighted by molar-refractivity contribution is 7.89. The van der Waals surface area contributed by atoms with Crippen LogP contribution >= 0.6 is 11.6 Å². The Morgan fingerprint density at radius 1 is 1.06 bits per heavy atom. The van der Waals surface area contributed by atoms with E-state index >= 15 is 0 Å². The molecule has 3 aromatic carbocycles. The number of ether oxygens (including phenoxy) is 1. The van der Waals surface area contributed by atoms with Gasteiger partial charge in [-0.15, -0.1) is 0 Å². The first-order valence-corrected chi connectivity index (χ1v) is 12.6. The number of aryl methyl sites for hydroxylation is 1. The van der Waals surface area contributed by atoms with Gasteiger partial charge in [-0.2, -0.15) is 4.31 Å². The highest BCUT2D eigenvalue weighted by Gasteiger charge is 2.28. The number of nitrogens with one attached hydrogen (secondary N) is 1. The van der Waals surface area contributed by atoms with Gasteiger partial charge in [0.1, 0.15) is 5.75 Å². The molecule has 0 aromatic heterocycles. The Morgan fingerprint density at radius 3 is 2.55 bits per heavy atom. The van der Waals surface area contributed by atoms with Crippen LogP contribution in [0, 0.1) is 0 Å². The predicted octanol–water partition coefficient (Wildman–Crippen LogP) is 4.67. The summed E-state index contributed by atoms with van der Waals surface area (Å²) in [5.74, 6) is -0.0748. The molecule has 6 nitrogen and oxygen atoms in total. The van der Waals surface area contributed by atoms with Gasteiger partial charge in [0.15, 0.2) is 6.61 Å². The molecule has 1 aliphatic heterocycles. The maximum atomic E-state index is 13.2. The van der Waals surface area contributed by atoms with Gasteiger partial charge in [0.25, 0.3) is 5.91 Å². The third-order valence-electron chi connectivity index (χ3n) is 5.67. The Balaban J connectivity index is 1.42. The molecule has 0 unspecified atom stereocenters. The van der Waals surface area contributed by atoms with E-state index in [1.165, 1.54) is 28.1 Å². The summed E-state index contributed by atoms with van der Waals surface area (Å²) in [5, 5.41) is 2.96. The van der Waals surface area contributed by atoms with Crippen molar-refractivity contribution in [3.63, 3.8) is 0 Å². The lowest BCUT2D eigenvalue weighted by atomic mass is 10.0. The fourth-order valence-corrected chi connectivity index (χ4v) is 5.61. The van der Waals surface area contributed by atoms with Gasteiger partial charge in [-0.1, -0.05) is 61.0 Å². The zero-order chi connectivity index (χ0) is 23.4. The second kappa shape index (κ2) is 9.95. The van der Waals surface area contributed by atoms with E-state index in [0.29, 0.717) is 19.5 Å². The summed E-state index contributed by atoms with van der Waals surface area (Å²) < 4.78 is 33.3. The lowest BCUT2D eigenvalue weighted by Gasteiger charge is -2.28. The monoisotopic (exact) mass is 484 g/mol. The number of anilines is 1.